The smallest absolute Gasteiger partial charge is 0.317 e. The maximum absolute atomic E-state index is 12.3. The highest BCUT2D eigenvalue weighted by atomic mass is 16.5. The van der Waals surface area contributed by atoms with Crippen LogP contribution >= 0.6 is 0 Å². The second-order valence-corrected chi connectivity index (χ2v) is 6.15. The fourth-order valence-corrected chi connectivity index (χ4v) is 2.92. The van der Waals surface area contributed by atoms with Gasteiger partial charge in [0.05, 0.1) is 11.8 Å². The molecule has 7 nitrogen and oxygen atoms in total. The summed E-state index contributed by atoms with van der Waals surface area (Å²) in [5.74, 6) is 0.489. The Morgan fingerprint density at radius 1 is 1.38 bits per heavy atom. The normalized spacial score (nSPS) is 20.8. The van der Waals surface area contributed by atoms with Crippen LogP contribution in [-0.2, 0) is 11.3 Å². The Labute approximate surface area is 141 Å². The van der Waals surface area contributed by atoms with E-state index in [-0.39, 0.29) is 12.1 Å². The fraction of sp³-hybridized carbons (Fsp3) is 0.471. The number of rotatable bonds is 4. The summed E-state index contributed by atoms with van der Waals surface area (Å²) < 4.78 is 7.16. The Bertz CT molecular complexity index is 656. The summed E-state index contributed by atoms with van der Waals surface area (Å²) in [5.41, 5.74) is 1.98. The average Bonchev–Trinajstić information content (AvgIpc) is 3.15. The SMILES string of the molecule is CO[C@@H]1CN(C(=O)NCc2ccc(-n3cncn3)cc2)CC[C@@H]1C. The first-order chi connectivity index (χ1) is 11.7. The molecule has 1 fully saturated rings. The molecule has 0 unspecified atom stereocenters. The third kappa shape index (κ3) is 3.73. The van der Waals surface area contributed by atoms with Crippen molar-refractivity contribution in [3.05, 3.63) is 42.5 Å². The van der Waals surface area contributed by atoms with Crippen molar-refractivity contribution in [3.8, 4) is 5.69 Å². The number of hydrogen-bond acceptors (Lipinski definition) is 4. The quantitative estimate of drug-likeness (QED) is 0.929. The van der Waals surface area contributed by atoms with Crippen LogP contribution in [0.5, 0.6) is 0 Å². The summed E-state index contributed by atoms with van der Waals surface area (Å²) in [4.78, 5) is 18.1. The van der Waals surface area contributed by atoms with E-state index in [1.807, 2.05) is 29.2 Å². The highest BCUT2D eigenvalue weighted by molar-refractivity contribution is 5.74. The number of carbonyl (C=O) groups is 1. The zero-order valence-electron chi connectivity index (χ0n) is 14.1. The van der Waals surface area contributed by atoms with Crippen LogP contribution in [0.1, 0.15) is 18.9 Å². The van der Waals surface area contributed by atoms with Crippen molar-refractivity contribution in [2.75, 3.05) is 20.2 Å². The summed E-state index contributed by atoms with van der Waals surface area (Å²) in [6.07, 6.45) is 4.24. The second-order valence-electron chi connectivity index (χ2n) is 6.15. The molecule has 3 rings (SSSR count). The van der Waals surface area contributed by atoms with E-state index in [1.54, 1.807) is 18.1 Å². The van der Waals surface area contributed by atoms with Crippen molar-refractivity contribution < 1.29 is 9.53 Å². The third-order valence-electron chi connectivity index (χ3n) is 4.54. The van der Waals surface area contributed by atoms with Gasteiger partial charge < -0.3 is 15.0 Å². The van der Waals surface area contributed by atoms with Gasteiger partial charge in [-0.1, -0.05) is 19.1 Å². The van der Waals surface area contributed by atoms with Gasteiger partial charge in [0.1, 0.15) is 12.7 Å². The number of amides is 2. The second kappa shape index (κ2) is 7.44. The lowest BCUT2D eigenvalue weighted by atomic mass is 9.96. The molecule has 2 amide bonds. The van der Waals surface area contributed by atoms with Crippen LogP contribution in [0.25, 0.3) is 5.69 Å². The standard InChI is InChI=1S/C17H23N5O2/c1-13-7-8-21(10-16(13)24-2)17(23)19-9-14-3-5-15(6-4-14)22-12-18-11-20-22/h3-6,11-13,16H,7-10H2,1-2H3,(H,19,23)/t13-,16+/m0/s1. The van der Waals surface area contributed by atoms with E-state index in [0.717, 1.165) is 24.2 Å². The van der Waals surface area contributed by atoms with Crippen LogP contribution in [0, 0.1) is 5.92 Å². The first-order valence-corrected chi connectivity index (χ1v) is 8.17. The van der Waals surface area contributed by atoms with E-state index in [2.05, 4.69) is 22.3 Å². The zero-order chi connectivity index (χ0) is 16.9. The molecule has 0 radical (unpaired) electrons. The molecule has 24 heavy (non-hydrogen) atoms. The number of likely N-dealkylation sites (tertiary alicyclic amines) is 1. The average molecular weight is 329 g/mol. The largest absolute Gasteiger partial charge is 0.379 e. The lowest BCUT2D eigenvalue weighted by Gasteiger charge is -2.36. The molecule has 1 N–H and O–H groups in total. The third-order valence-corrected chi connectivity index (χ3v) is 4.54. The molecule has 0 saturated carbocycles. The molecular weight excluding hydrogens is 306 g/mol. The number of piperidine rings is 1. The number of aromatic nitrogens is 3. The predicted octanol–water partition coefficient (Wildman–Crippen LogP) is 1.83. The lowest BCUT2D eigenvalue weighted by molar-refractivity contribution is 0.00714. The molecule has 7 heteroatoms. The van der Waals surface area contributed by atoms with Gasteiger partial charge in [-0.25, -0.2) is 14.5 Å². The molecule has 1 saturated heterocycles. The number of carbonyl (C=O) groups excluding carboxylic acids is 1. The number of urea groups is 1. The first kappa shape index (κ1) is 16.4. The number of methoxy groups -OCH3 is 1. The maximum Gasteiger partial charge on any atom is 0.317 e. The van der Waals surface area contributed by atoms with Gasteiger partial charge in [0, 0.05) is 26.7 Å². The number of nitrogens with one attached hydrogen (secondary N) is 1. The Hall–Kier alpha value is -2.41. The summed E-state index contributed by atoms with van der Waals surface area (Å²) in [5, 5.41) is 7.07. The predicted molar refractivity (Wildman–Crippen MR) is 89.7 cm³/mol. The topological polar surface area (TPSA) is 72.3 Å². The summed E-state index contributed by atoms with van der Waals surface area (Å²) in [6, 6.07) is 7.84. The number of hydrogen-bond donors (Lipinski definition) is 1. The summed E-state index contributed by atoms with van der Waals surface area (Å²) in [7, 11) is 1.71. The molecule has 2 aromatic rings. The van der Waals surface area contributed by atoms with E-state index >= 15 is 0 Å². The van der Waals surface area contributed by atoms with Crippen LogP contribution < -0.4 is 5.32 Å². The van der Waals surface area contributed by atoms with E-state index in [4.69, 9.17) is 4.74 Å². The molecule has 0 bridgehead atoms. The fourth-order valence-electron chi connectivity index (χ4n) is 2.92. The van der Waals surface area contributed by atoms with Gasteiger partial charge in [-0.3, -0.25) is 0 Å². The molecule has 0 aliphatic carbocycles. The Morgan fingerprint density at radius 2 is 2.17 bits per heavy atom. The van der Waals surface area contributed by atoms with Gasteiger partial charge in [0.2, 0.25) is 0 Å². The summed E-state index contributed by atoms with van der Waals surface area (Å²) in [6.45, 7) is 4.09. The molecule has 1 aliphatic rings. The van der Waals surface area contributed by atoms with Crippen molar-refractivity contribution in [3.63, 3.8) is 0 Å². The minimum atomic E-state index is -0.0377. The molecule has 0 spiro atoms. The van der Waals surface area contributed by atoms with Crippen LogP contribution in [-0.4, -0.2) is 52.0 Å². The van der Waals surface area contributed by atoms with E-state index < -0.39 is 0 Å². The number of nitrogens with zero attached hydrogens (tertiary/aromatic N) is 4. The van der Waals surface area contributed by atoms with Crippen molar-refractivity contribution in [1.82, 2.24) is 25.0 Å². The highest BCUT2D eigenvalue weighted by Crippen LogP contribution is 2.19. The molecule has 1 aliphatic heterocycles. The zero-order valence-corrected chi connectivity index (χ0v) is 14.1. The number of ether oxygens (including phenoxy) is 1. The van der Waals surface area contributed by atoms with Crippen molar-refractivity contribution in [1.29, 1.82) is 0 Å². The minimum absolute atomic E-state index is 0.0377. The van der Waals surface area contributed by atoms with Crippen molar-refractivity contribution in [2.24, 2.45) is 5.92 Å². The van der Waals surface area contributed by atoms with Crippen LogP contribution in [0.4, 0.5) is 4.79 Å². The van der Waals surface area contributed by atoms with Gasteiger partial charge in [0.15, 0.2) is 0 Å². The monoisotopic (exact) mass is 329 g/mol. The van der Waals surface area contributed by atoms with Gasteiger partial charge >= 0.3 is 6.03 Å². The van der Waals surface area contributed by atoms with Gasteiger partial charge in [-0.05, 0) is 30.0 Å². The van der Waals surface area contributed by atoms with E-state index in [1.165, 1.54) is 6.33 Å². The first-order valence-electron chi connectivity index (χ1n) is 8.17. The van der Waals surface area contributed by atoms with Crippen LogP contribution in [0.15, 0.2) is 36.9 Å². The molecule has 2 heterocycles. The molecule has 2 atom stereocenters. The molecule has 128 valence electrons. The van der Waals surface area contributed by atoms with Crippen LogP contribution in [0.3, 0.4) is 0 Å². The molecule has 1 aromatic carbocycles. The summed E-state index contributed by atoms with van der Waals surface area (Å²) >= 11 is 0. The Balaban J connectivity index is 1.53. The highest BCUT2D eigenvalue weighted by Gasteiger charge is 2.28. The number of benzene rings is 1. The molecular formula is C17H23N5O2. The van der Waals surface area contributed by atoms with Crippen molar-refractivity contribution in [2.45, 2.75) is 26.0 Å². The van der Waals surface area contributed by atoms with Crippen LogP contribution in [0.2, 0.25) is 0 Å². The lowest BCUT2D eigenvalue weighted by Crippen LogP contribution is -2.50. The van der Waals surface area contributed by atoms with E-state index in [9.17, 15) is 4.79 Å². The Morgan fingerprint density at radius 3 is 2.83 bits per heavy atom. The maximum atomic E-state index is 12.3. The Kier molecular flexibility index (Phi) is 5.10. The van der Waals surface area contributed by atoms with E-state index in [0.29, 0.717) is 19.0 Å². The van der Waals surface area contributed by atoms with Gasteiger partial charge in [0.25, 0.3) is 0 Å². The van der Waals surface area contributed by atoms with Gasteiger partial charge in [-0.2, -0.15) is 5.10 Å². The van der Waals surface area contributed by atoms with Crippen molar-refractivity contribution >= 4 is 6.03 Å². The van der Waals surface area contributed by atoms with Gasteiger partial charge in [-0.15, -0.1) is 0 Å². The molecule has 1 aromatic heterocycles. The minimum Gasteiger partial charge on any atom is -0.379 e.